The van der Waals surface area contributed by atoms with Crippen LogP contribution in [0, 0.1) is 5.41 Å². The van der Waals surface area contributed by atoms with Gasteiger partial charge in [-0.05, 0) is 20.3 Å². The maximum absolute atomic E-state index is 11.0. The number of ether oxygens (including phenoxy) is 2. The van der Waals surface area contributed by atoms with Gasteiger partial charge in [-0.25, -0.2) is 10.2 Å². The lowest BCUT2D eigenvalue weighted by atomic mass is 10.2. The summed E-state index contributed by atoms with van der Waals surface area (Å²) in [7, 11) is 0. The van der Waals surface area contributed by atoms with Crippen molar-refractivity contribution in [3.05, 3.63) is 0 Å². The molecule has 3 N–H and O–H groups in total. The number of esters is 2. The standard InChI is InChI=1S/C9H17NO4.CHNO/c1-3-13-8(11)6-5-7(10)9(12)14-4-2;2-1-3/h7H,3-6,10H2,1-2H3;2H. The van der Waals surface area contributed by atoms with E-state index in [-0.39, 0.29) is 18.8 Å². The summed E-state index contributed by atoms with van der Waals surface area (Å²) < 4.78 is 9.37. The summed E-state index contributed by atoms with van der Waals surface area (Å²) in [6, 6.07) is -0.737. The van der Waals surface area contributed by atoms with Crippen LogP contribution in [0.15, 0.2) is 0 Å². The summed E-state index contributed by atoms with van der Waals surface area (Å²) in [6.45, 7) is 4.07. The molecule has 0 saturated carbocycles. The number of nitrogens with one attached hydrogen (secondary N) is 1. The molecule has 1 unspecified atom stereocenters. The molecule has 0 aromatic heterocycles. The van der Waals surface area contributed by atoms with Gasteiger partial charge in [0.25, 0.3) is 0 Å². The van der Waals surface area contributed by atoms with Crippen molar-refractivity contribution >= 4 is 18.0 Å². The Morgan fingerprint density at radius 2 is 1.76 bits per heavy atom. The molecule has 0 aromatic carbocycles. The lowest BCUT2D eigenvalue weighted by Gasteiger charge is -2.09. The van der Waals surface area contributed by atoms with Crippen LogP contribution in [-0.4, -0.2) is 37.3 Å². The molecule has 0 saturated heterocycles. The Bertz CT molecular complexity index is 261. The molecular formula is C10H18N2O5. The predicted octanol–water partition coefficient (Wildman–Crippen LogP) is 0.121. The molecule has 1 atom stereocenters. The summed E-state index contributed by atoms with van der Waals surface area (Å²) in [5, 5.41) is 5.40. The van der Waals surface area contributed by atoms with Crippen molar-refractivity contribution in [1.82, 2.24) is 0 Å². The number of rotatable bonds is 6. The third-order valence-electron chi connectivity index (χ3n) is 1.55. The molecule has 0 bridgehead atoms. The van der Waals surface area contributed by atoms with Crippen LogP contribution in [0.2, 0.25) is 0 Å². The number of hydrogen-bond acceptors (Lipinski definition) is 7. The zero-order valence-corrected chi connectivity index (χ0v) is 10.0. The van der Waals surface area contributed by atoms with Gasteiger partial charge in [-0.2, -0.15) is 0 Å². The second-order valence-electron chi connectivity index (χ2n) is 2.80. The van der Waals surface area contributed by atoms with E-state index in [1.807, 2.05) is 0 Å². The molecule has 0 aliphatic heterocycles. The van der Waals surface area contributed by atoms with Gasteiger partial charge in [0.05, 0.1) is 13.2 Å². The van der Waals surface area contributed by atoms with Gasteiger partial charge in [-0.15, -0.1) is 0 Å². The van der Waals surface area contributed by atoms with Gasteiger partial charge in [0.1, 0.15) is 6.04 Å². The Morgan fingerprint density at radius 1 is 1.29 bits per heavy atom. The van der Waals surface area contributed by atoms with Gasteiger partial charge in [-0.1, -0.05) is 0 Å². The van der Waals surface area contributed by atoms with E-state index in [1.165, 1.54) is 0 Å². The number of nitrogens with two attached hydrogens (primary N) is 1. The lowest BCUT2D eigenvalue weighted by molar-refractivity contribution is -0.146. The van der Waals surface area contributed by atoms with Crippen LogP contribution >= 0.6 is 0 Å². The molecule has 17 heavy (non-hydrogen) atoms. The average Bonchev–Trinajstić information content (AvgIpc) is 2.27. The molecule has 0 aliphatic rings. The van der Waals surface area contributed by atoms with Crippen molar-refractivity contribution in [2.45, 2.75) is 32.7 Å². The van der Waals surface area contributed by atoms with Gasteiger partial charge in [0.2, 0.25) is 6.08 Å². The van der Waals surface area contributed by atoms with Crippen LogP contribution in [0.3, 0.4) is 0 Å². The second kappa shape index (κ2) is 12.4. The first-order valence-corrected chi connectivity index (χ1v) is 5.15. The minimum absolute atomic E-state index is 0.147. The van der Waals surface area contributed by atoms with Crippen molar-refractivity contribution < 1.29 is 23.9 Å². The SMILES string of the molecule is CCOC(=O)CCC(N)C(=O)OCC.N=C=O. The topological polar surface area (TPSA) is 120 Å². The molecule has 0 heterocycles. The van der Waals surface area contributed by atoms with Gasteiger partial charge in [0.15, 0.2) is 0 Å². The van der Waals surface area contributed by atoms with E-state index < -0.39 is 12.0 Å². The molecule has 0 aliphatic carbocycles. The largest absolute Gasteiger partial charge is 0.466 e. The zero-order valence-electron chi connectivity index (χ0n) is 10.0. The van der Waals surface area contributed by atoms with Crippen LogP contribution in [-0.2, 0) is 23.9 Å². The highest BCUT2D eigenvalue weighted by molar-refractivity contribution is 5.77. The van der Waals surface area contributed by atoms with Gasteiger partial charge < -0.3 is 15.2 Å². The summed E-state index contributed by atoms with van der Waals surface area (Å²) in [5.74, 6) is -0.816. The van der Waals surface area contributed by atoms with Crippen LogP contribution in [0.5, 0.6) is 0 Å². The molecule has 0 fully saturated rings. The fourth-order valence-corrected chi connectivity index (χ4v) is 0.874. The number of hydrogen-bond donors (Lipinski definition) is 2. The zero-order chi connectivity index (χ0) is 13.7. The number of isocyanates is 1. The van der Waals surface area contributed by atoms with Crippen LogP contribution in [0.4, 0.5) is 0 Å². The maximum atomic E-state index is 11.0. The fourth-order valence-electron chi connectivity index (χ4n) is 0.874. The highest BCUT2D eigenvalue weighted by Crippen LogP contribution is 1.99. The minimum atomic E-state index is -0.737. The van der Waals surface area contributed by atoms with E-state index in [0.29, 0.717) is 13.2 Å². The summed E-state index contributed by atoms with van der Waals surface area (Å²) in [4.78, 5) is 30.3. The highest BCUT2D eigenvalue weighted by atomic mass is 16.5. The molecule has 7 heteroatoms. The van der Waals surface area contributed by atoms with E-state index in [2.05, 4.69) is 9.47 Å². The predicted molar refractivity (Wildman–Crippen MR) is 58.9 cm³/mol. The van der Waals surface area contributed by atoms with Crippen molar-refractivity contribution in [3.63, 3.8) is 0 Å². The van der Waals surface area contributed by atoms with Crippen LogP contribution < -0.4 is 5.73 Å². The number of carbonyl (C=O) groups is 2. The Balaban J connectivity index is 0. The lowest BCUT2D eigenvalue weighted by Crippen LogP contribution is -2.32. The van der Waals surface area contributed by atoms with Gasteiger partial charge in [-0.3, -0.25) is 9.59 Å². The second-order valence-corrected chi connectivity index (χ2v) is 2.80. The Hall–Kier alpha value is -1.72. The molecule has 0 rings (SSSR count). The van der Waals surface area contributed by atoms with Crippen molar-refractivity contribution in [2.75, 3.05) is 13.2 Å². The van der Waals surface area contributed by atoms with E-state index in [1.54, 1.807) is 13.8 Å². The third-order valence-corrected chi connectivity index (χ3v) is 1.55. The smallest absolute Gasteiger partial charge is 0.322 e. The van der Waals surface area contributed by atoms with E-state index in [0.717, 1.165) is 6.08 Å². The highest BCUT2D eigenvalue weighted by Gasteiger charge is 2.16. The van der Waals surface area contributed by atoms with Gasteiger partial charge >= 0.3 is 11.9 Å². The Kier molecular flexibility index (Phi) is 12.8. The van der Waals surface area contributed by atoms with E-state index in [4.69, 9.17) is 15.9 Å². The summed E-state index contributed by atoms with van der Waals surface area (Å²) in [5.41, 5.74) is 5.47. The molecule has 7 nitrogen and oxygen atoms in total. The van der Waals surface area contributed by atoms with Crippen LogP contribution in [0.1, 0.15) is 26.7 Å². The third kappa shape index (κ3) is 12.2. The quantitative estimate of drug-likeness (QED) is 0.390. The molecular weight excluding hydrogens is 228 g/mol. The van der Waals surface area contributed by atoms with E-state index in [9.17, 15) is 9.59 Å². The molecule has 0 aromatic rings. The Morgan fingerprint density at radius 3 is 2.18 bits per heavy atom. The molecule has 0 spiro atoms. The first kappa shape index (κ1) is 17.7. The van der Waals surface area contributed by atoms with Crippen molar-refractivity contribution in [2.24, 2.45) is 5.73 Å². The Labute approximate surface area is 99.8 Å². The summed E-state index contributed by atoms with van der Waals surface area (Å²) >= 11 is 0. The normalized spacial score (nSPS) is 10.3. The summed E-state index contributed by atoms with van der Waals surface area (Å²) in [6.07, 6.45) is 1.16. The monoisotopic (exact) mass is 246 g/mol. The number of carbonyl (C=O) groups excluding carboxylic acids is 3. The first-order valence-electron chi connectivity index (χ1n) is 5.15. The minimum Gasteiger partial charge on any atom is -0.466 e. The first-order chi connectivity index (χ1) is 8.03. The average molecular weight is 246 g/mol. The molecule has 98 valence electrons. The fraction of sp³-hybridized carbons (Fsp3) is 0.700. The van der Waals surface area contributed by atoms with Crippen molar-refractivity contribution in [1.29, 1.82) is 5.41 Å². The molecule has 0 amide bonds. The van der Waals surface area contributed by atoms with E-state index >= 15 is 0 Å². The van der Waals surface area contributed by atoms with Crippen molar-refractivity contribution in [3.8, 4) is 0 Å². The van der Waals surface area contributed by atoms with Crippen LogP contribution in [0.25, 0.3) is 0 Å². The maximum Gasteiger partial charge on any atom is 0.322 e. The van der Waals surface area contributed by atoms with Gasteiger partial charge in [0, 0.05) is 6.42 Å². The molecule has 0 radical (unpaired) electrons.